The van der Waals surface area contributed by atoms with Gasteiger partial charge in [0.2, 0.25) is 0 Å². The average Bonchev–Trinajstić information content (AvgIpc) is 2.73. The Morgan fingerprint density at radius 3 is 2.62 bits per heavy atom. The molecule has 0 aliphatic carbocycles. The van der Waals surface area contributed by atoms with Gasteiger partial charge in [0, 0.05) is 5.56 Å². The summed E-state index contributed by atoms with van der Waals surface area (Å²) in [6.07, 6.45) is -0.243. The molecule has 1 saturated heterocycles. The van der Waals surface area contributed by atoms with Crippen LogP contribution in [0.15, 0.2) is 24.3 Å². The first-order valence-corrected chi connectivity index (χ1v) is 5.25. The molecule has 2 rings (SSSR count). The topological polar surface area (TPSA) is 47.9 Å². The van der Waals surface area contributed by atoms with E-state index in [1.165, 1.54) is 0 Å². The Bertz CT molecular complexity index is 349. The first kappa shape index (κ1) is 11.4. The molecule has 1 aromatic rings. The van der Waals surface area contributed by atoms with Gasteiger partial charge in [-0.05, 0) is 31.2 Å². The van der Waals surface area contributed by atoms with Crippen molar-refractivity contribution in [2.24, 2.45) is 0 Å². The zero-order chi connectivity index (χ0) is 11.6. The molecule has 0 amide bonds. The molecule has 0 unspecified atom stereocenters. The summed E-state index contributed by atoms with van der Waals surface area (Å²) in [6.45, 7) is 2.25. The molecule has 1 fully saturated rings. The first-order valence-electron chi connectivity index (χ1n) is 5.25. The van der Waals surface area contributed by atoms with Gasteiger partial charge in [-0.25, -0.2) is 0 Å². The Morgan fingerprint density at radius 2 is 2.12 bits per heavy atom. The lowest BCUT2D eigenvalue weighted by Gasteiger charge is -2.23. The molecule has 0 spiro atoms. The Hall–Kier alpha value is -1.10. The van der Waals surface area contributed by atoms with E-state index in [1.807, 2.05) is 31.2 Å². The van der Waals surface area contributed by atoms with E-state index in [9.17, 15) is 0 Å². The van der Waals surface area contributed by atoms with Crippen molar-refractivity contribution in [1.82, 2.24) is 0 Å². The predicted molar refractivity (Wildman–Crippen MR) is 58.3 cm³/mol. The number of methoxy groups -OCH3 is 1. The second-order valence-electron chi connectivity index (χ2n) is 3.91. The zero-order valence-corrected chi connectivity index (χ0v) is 9.47. The molecule has 0 aromatic heterocycles. The summed E-state index contributed by atoms with van der Waals surface area (Å²) >= 11 is 0. The fraction of sp³-hybridized carbons (Fsp3) is 0.500. The summed E-state index contributed by atoms with van der Waals surface area (Å²) in [5.74, 6) is 0.0312. The molecule has 1 heterocycles. The third kappa shape index (κ3) is 2.04. The van der Waals surface area contributed by atoms with E-state index in [-0.39, 0.29) is 12.7 Å². The molecule has 88 valence electrons. The maximum atomic E-state index is 9.00. The van der Waals surface area contributed by atoms with E-state index in [0.717, 1.165) is 11.3 Å². The summed E-state index contributed by atoms with van der Waals surface area (Å²) in [4.78, 5) is 0. The number of aliphatic hydroxyl groups is 1. The van der Waals surface area contributed by atoms with Crippen LogP contribution in [-0.2, 0) is 15.3 Å². The summed E-state index contributed by atoms with van der Waals surface area (Å²) < 4.78 is 16.3. The molecule has 4 nitrogen and oxygen atoms in total. The van der Waals surface area contributed by atoms with Crippen LogP contribution in [0.2, 0.25) is 0 Å². The maximum absolute atomic E-state index is 9.00. The van der Waals surface area contributed by atoms with Gasteiger partial charge in [-0.1, -0.05) is 0 Å². The van der Waals surface area contributed by atoms with Gasteiger partial charge in [0.1, 0.15) is 11.9 Å². The quantitative estimate of drug-likeness (QED) is 0.840. The summed E-state index contributed by atoms with van der Waals surface area (Å²) in [5, 5.41) is 9.00. The zero-order valence-electron chi connectivity index (χ0n) is 9.47. The van der Waals surface area contributed by atoms with Crippen LogP contribution in [0, 0.1) is 0 Å². The lowest BCUT2D eigenvalue weighted by molar-refractivity contribution is -0.165. The van der Waals surface area contributed by atoms with Crippen molar-refractivity contribution >= 4 is 0 Å². The van der Waals surface area contributed by atoms with E-state index in [1.54, 1.807) is 7.11 Å². The Kier molecular flexibility index (Phi) is 3.14. The summed E-state index contributed by atoms with van der Waals surface area (Å²) in [5.41, 5.74) is 0.921. The third-order valence-electron chi connectivity index (χ3n) is 2.75. The molecule has 16 heavy (non-hydrogen) atoms. The number of hydrogen-bond donors (Lipinski definition) is 1. The van der Waals surface area contributed by atoms with E-state index in [2.05, 4.69) is 0 Å². The maximum Gasteiger partial charge on any atom is 0.192 e. The van der Waals surface area contributed by atoms with Crippen LogP contribution < -0.4 is 4.74 Å². The normalized spacial score (nSPS) is 29.3. The number of rotatable bonds is 3. The van der Waals surface area contributed by atoms with Crippen molar-refractivity contribution < 1.29 is 19.3 Å². The molecule has 1 aliphatic heterocycles. The molecule has 1 aromatic carbocycles. The van der Waals surface area contributed by atoms with Crippen molar-refractivity contribution in [3.8, 4) is 5.75 Å². The van der Waals surface area contributed by atoms with E-state index in [0.29, 0.717) is 6.61 Å². The summed E-state index contributed by atoms with van der Waals surface area (Å²) in [7, 11) is 1.63. The lowest BCUT2D eigenvalue weighted by Crippen LogP contribution is -2.24. The predicted octanol–water partition coefficient (Wildman–Crippen LogP) is 1.28. The minimum Gasteiger partial charge on any atom is -0.497 e. The van der Waals surface area contributed by atoms with Gasteiger partial charge in [0.15, 0.2) is 5.79 Å². The minimum atomic E-state index is -0.764. The number of ether oxygens (including phenoxy) is 3. The van der Waals surface area contributed by atoms with Crippen molar-refractivity contribution in [3.05, 3.63) is 29.8 Å². The van der Waals surface area contributed by atoms with Crippen molar-refractivity contribution in [2.45, 2.75) is 18.8 Å². The molecule has 0 radical (unpaired) electrons. The number of aliphatic hydroxyl groups excluding tert-OH is 1. The van der Waals surface area contributed by atoms with Gasteiger partial charge in [-0.2, -0.15) is 0 Å². The molecule has 4 heteroatoms. The largest absolute Gasteiger partial charge is 0.497 e. The lowest BCUT2D eigenvalue weighted by atomic mass is 10.1. The highest BCUT2D eigenvalue weighted by Gasteiger charge is 2.38. The van der Waals surface area contributed by atoms with Crippen LogP contribution in [0.1, 0.15) is 12.5 Å². The Balaban J connectivity index is 2.17. The highest BCUT2D eigenvalue weighted by Crippen LogP contribution is 2.34. The van der Waals surface area contributed by atoms with Crippen LogP contribution in [0.25, 0.3) is 0 Å². The van der Waals surface area contributed by atoms with Gasteiger partial charge in [0.05, 0.1) is 20.3 Å². The minimum absolute atomic E-state index is 0.0221. The molecule has 2 atom stereocenters. The van der Waals surface area contributed by atoms with Crippen LogP contribution >= 0.6 is 0 Å². The van der Waals surface area contributed by atoms with Gasteiger partial charge < -0.3 is 19.3 Å². The van der Waals surface area contributed by atoms with Crippen LogP contribution in [0.3, 0.4) is 0 Å². The van der Waals surface area contributed by atoms with E-state index < -0.39 is 5.79 Å². The second kappa shape index (κ2) is 4.41. The highest BCUT2D eigenvalue weighted by atomic mass is 16.7. The molecule has 0 saturated carbocycles. The van der Waals surface area contributed by atoms with Gasteiger partial charge in [-0.15, -0.1) is 0 Å². The van der Waals surface area contributed by atoms with Crippen molar-refractivity contribution in [2.75, 3.05) is 20.3 Å². The van der Waals surface area contributed by atoms with Crippen molar-refractivity contribution in [1.29, 1.82) is 0 Å². The number of benzene rings is 1. The van der Waals surface area contributed by atoms with Crippen LogP contribution in [-0.4, -0.2) is 31.5 Å². The standard InChI is InChI=1S/C12H16O4/c1-12(15-8-11(7-13)16-12)9-3-5-10(14-2)6-4-9/h3-6,11,13H,7-8H2,1-2H3/t11-,12-/m1/s1. The van der Waals surface area contributed by atoms with Crippen LogP contribution in [0.5, 0.6) is 5.75 Å². The van der Waals surface area contributed by atoms with E-state index >= 15 is 0 Å². The SMILES string of the molecule is COc1ccc([C@]2(C)OC[C@@H](CO)O2)cc1. The fourth-order valence-electron chi connectivity index (χ4n) is 1.77. The Labute approximate surface area is 94.8 Å². The van der Waals surface area contributed by atoms with Crippen LogP contribution in [0.4, 0.5) is 0 Å². The highest BCUT2D eigenvalue weighted by molar-refractivity contribution is 5.29. The van der Waals surface area contributed by atoms with Gasteiger partial charge in [0.25, 0.3) is 0 Å². The molecular formula is C12H16O4. The smallest absolute Gasteiger partial charge is 0.192 e. The molecular weight excluding hydrogens is 208 g/mol. The number of hydrogen-bond acceptors (Lipinski definition) is 4. The third-order valence-corrected chi connectivity index (χ3v) is 2.75. The summed E-state index contributed by atoms with van der Waals surface area (Å²) in [6, 6.07) is 7.52. The van der Waals surface area contributed by atoms with E-state index in [4.69, 9.17) is 19.3 Å². The molecule has 1 N–H and O–H groups in total. The fourth-order valence-corrected chi connectivity index (χ4v) is 1.77. The first-order chi connectivity index (χ1) is 7.68. The Morgan fingerprint density at radius 1 is 1.44 bits per heavy atom. The monoisotopic (exact) mass is 224 g/mol. The second-order valence-corrected chi connectivity index (χ2v) is 3.91. The van der Waals surface area contributed by atoms with Gasteiger partial charge >= 0.3 is 0 Å². The van der Waals surface area contributed by atoms with Gasteiger partial charge in [-0.3, -0.25) is 0 Å². The molecule has 1 aliphatic rings. The molecule has 0 bridgehead atoms. The van der Waals surface area contributed by atoms with Crippen molar-refractivity contribution in [3.63, 3.8) is 0 Å². The average molecular weight is 224 g/mol.